The van der Waals surface area contributed by atoms with Gasteiger partial charge in [-0.05, 0) is 65.7 Å². The van der Waals surface area contributed by atoms with E-state index in [9.17, 15) is 4.79 Å². The molecule has 0 aliphatic rings. The van der Waals surface area contributed by atoms with E-state index in [0.29, 0.717) is 40.3 Å². The van der Waals surface area contributed by atoms with Crippen LogP contribution in [-0.4, -0.2) is 18.7 Å². The minimum atomic E-state index is -0.321. The van der Waals surface area contributed by atoms with Gasteiger partial charge in [-0.1, -0.05) is 59.6 Å². The van der Waals surface area contributed by atoms with Gasteiger partial charge in [0, 0.05) is 11.1 Å². The number of rotatable bonds is 8. The van der Waals surface area contributed by atoms with E-state index in [0.717, 1.165) is 21.9 Å². The van der Waals surface area contributed by atoms with Crippen LogP contribution in [-0.2, 0) is 6.61 Å². The lowest BCUT2D eigenvalue weighted by Crippen LogP contribution is -2.17. The molecule has 0 bridgehead atoms. The second kappa shape index (κ2) is 11.1. The first-order valence-corrected chi connectivity index (χ1v) is 11.5. The highest BCUT2D eigenvalue weighted by Crippen LogP contribution is 2.28. The lowest BCUT2D eigenvalue weighted by molar-refractivity contribution is 0.0955. The molecule has 5 nitrogen and oxygen atoms in total. The van der Waals surface area contributed by atoms with E-state index in [1.165, 1.54) is 0 Å². The predicted octanol–water partition coefficient (Wildman–Crippen LogP) is 6.89. The van der Waals surface area contributed by atoms with Gasteiger partial charge in [0.05, 0.1) is 22.9 Å². The number of hydrazone groups is 1. The summed E-state index contributed by atoms with van der Waals surface area (Å²) in [5.74, 6) is 1.02. The molecule has 4 aromatic carbocycles. The molecule has 0 heterocycles. The molecule has 0 spiro atoms. The molecule has 0 saturated carbocycles. The number of carbonyl (C=O) groups is 1. The number of carbonyl (C=O) groups excluding carboxylic acids is 1. The van der Waals surface area contributed by atoms with Crippen molar-refractivity contribution in [2.24, 2.45) is 5.10 Å². The quantitative estimate of drug-likeness (QED) is 0.215. The summed E-state index contributed by atoms with van der Waals surface area (Å²) in [4.78, 5) is 12.5. The molecule has 0 unspecified atom stereocenters. The standard InChI is InChI=1S/C27H22Cl2N2O3/c1-2-33-21-11-8-20(9-12-21)27(32)31-30-16-23-22-6-4-3-5-19(22)10-14-26(23)34-17-18-7-13-24(28)25(29)15-18/h3-16H,2,17H2,1H3,(H,31,32)/b30-16-. The van der Waals surface area contributed by atoms with Crippen molar-refractivity contribution >= 4 is 46.1 Å². The van der Waals surface area contributed by atoms with Crippen molar-refractivity contribution in [3.8, 4) is 11.5 Å². The summed E-state index contributed by atoms with van der Waals surface area (Å²) in [6, 6.07) is 24.0. The zero-order chi connectivity index (χ0) is 23.9. The number of fused-ring (bicyclic) bond motifs is 1. The second-order valence-corrected chi connectivity index (χ2v) is 8.21. The molecule has 4 rings (SSSR count). The van der Waals surface area contributed by atoms with Gasteiger partial charge in [-0.25, -0.2) is 5.43 Å². The van der Waals surface area contributed by atoms with Crippen molar-refractivity contribution in [1.82, 2.24) is 5.43 Å². The van der Waals surface area contributed by atoms with Gasteiger partial charge in [0.1, 0.15) is 18.1 Å². The van der Waals surface area contributed by atoms with Crippen LogP contribution in [0.2, 0.25) is 10.0 Å². The SMILES string of the molecule is CCOc1ccc(C(=O)N/N=C\c2c(OCc3ccc(Cl)c(Cl)c3)ccc3ccccc23)cc1. The van der Waals surface area contributed by atoms with Crippen molar-refractivity contribution in [1.29, 1.82) is 0 Å². The fraction of sp³-hybridized carbons (Fsp3) is 0.111. The van der Waals surface area contributed by atoms with E-state index in [2.05, 4.69) is 10.5 Å². The molecule has 7 heteroatoms. The molecule has 0 aliphatic heterocycles. The van der Waals surface area contributed by atoms with Gasteiger partial charge in [-0.15, -0.1) is 0 Å². The van der Waals surface area contributed by atoms with Crippen LogP contribution < -0.4 is 14.9 Å². The summed E-state index contributed by atoms with van der Waals surface area (Å²) < 4.78 is 11.5. The number of hydrogen-bond donors (Lipinski definition) is 1. The number of nitrogens with zero attached hydrogens (tertiary/aromatic N) is 1. The second-order valence-electron chi connectivity index (χ2n) is 7.39. The van der Waals surface area contributed by atoms with Crippen LogP contribution in [0.4, 0.5) is 0 Å². The van der Waals surface area contributed by atoms with Crippen molar-refractivity contribution in [3.05, 3.63) is 106 Å². The lowest BCUT2D eigenvalue weighted by Gasteiger charge is -2.12. The summed E-state index contributed by atoms with van der Waals surface area (Å²) in [7, 11) is 0. The van der Waals surface area contributed by atoms with Gasteiger partial charge in [0.2, 0.25) is 0 Å². The molecule has 0 atom stereocenters. The summed E-state index contributed by atoms with van der Waals surface area (Å²) in [6.45, 7) is 2.77. The minimum absolute atomic E-state index is 0.300. The number of halogens is 2. The van der Waals surface area contributed by atoms with Gasteiger partial charge < -0.3 is 9.47 Å². The monoisotopic (exact) mass is 492 g/mol. The van der Waals surface area contributed by atoms with Crippen molar-refractivity contribution < 1.29 is 14.3 Å². The molecular weight excluding hydrogens is 471 g/mol. The third kappa shape index (κ3) is 5.68. The van der Waals surface area contributed by atoms with E-state index in [1.807, 2.05) is 49.4 Å². The van der Waals surface area contributed by atoms with Crippen LogP contribution in [0, 0.1) is 0 Å². The Hall–Kier alpha value is -3.54. The predicted molar refractivity (Wildman–Crippen MR) is 137 cm³/mol. The maximum atomic E-state index is 12.5. The number of amides is 1. The van der Waals surface area contributed by atoms with E-state index >= 15 is 0 Å². The molecule has 172 valence electrons. The van der Waals surface area contributed by atoms with Crippen LogP contribution in [0.25, 0.3) is 10.8 Å². The molecule has 1 N–H and O–H groups in total. The van der Waals surface area contributed by atoms with Crippen LogP contribution in [0.5, 0.6) is 11.5 Å². The third-order valence-electron chi connectivity index (χ3n) is 5.10. The maximum absolute atomic E-state index is 12.5. The number of hydrogen-bond acceptors (Lipinski definition) is 4. The number of ether oxygens (including phenoxy) is 2. The lowest BCUT2D eigenvalue weighted by atomic mass is 10.0. The molecular formula is C27H22Cl2N2O3. The normalized spacial score (nSPS) is 11.0. The summed E-state index contributed by atoms with van der Waals surface area (Å²) in [5.41, 5.74) is 4.70. The van der Waals surface area contributed by atoms with Crippen LogP contribution in [0.1, 0.15) is 28.4 Å². The topological polar surface area (TPSA) is 59.9 Å². The Balaban J connectivity index is 1.54. The Morgan fingerprint density at radius 3 is 2.50 bits per heavy atom. The van der Waals surface area contributed by atoms with E-state index < -0.39 is 0 Å². The van der Waals surface area contributed by atoms with Gasteiger partial charge >= 0.3 is 0 Å². The molecule has 0 fully saturated rings. The molecule has 0 aliphatic carbocycles. The fourth-order valence-electron chi connectivity index (χ4n) is 3.41. The van der Waals surface area contributed by atoms with Crippen LogP contribution in [0.15, 0.2) is 84.0 Å². The Morgan fingerprint density at radius 1 is 0.941 bits per heavy atom. The van der Waals surface area contributed by atoms with Crippen LogP contribution >= 0.6 is 23.2 Å². The van der Waals surface area contributed by atoms with Crippen molar-refractivity contribution in [2.45, 2.75) is 13.5 Å². The summed E-state index contributed by atoms with van der Waals surface area (Å²) in [6.07, 6.45) is 1.60. The van der Waals surface area contributed by atoms with E-state index in [4.69, 9.17) is 32.7 Å². The average molecular weight is 493 g/mol. The zero-order valence-electron chi connectivity index (χ0n) is 18.4. The highest BCUT2D eigenvalue weighted by Gasteiger charge is 2.10. The van der Waals surface area contributed by atoms with E-state index in [-0.39, 0.29) is 5.91 Å². The largest absolute Gasteiger partial charge is 0.494 e. The molecule has 0 aromatic heterocycles. The summed E-state index contributed by atoms with van der Waals surface area (Å²) >= 11 is 12.1. The maximum Gasteiger partial charge on any atom is 0.271 e. The fourth-order valence-corrected chi connectivity index (χ4v) is 3.74. The molecule has 1 amide bonds. The molecule has 0 saturated heterocycles. The minimum Gasteiger partial charge on any atom is -0.494 e. The molecule has 34 heavy (non-hydrogen) atoms. The van der Waals surface area contributed by atoms with Gasteiger partial charge in [0.25, 0.3) is 5.91 Å². The molecule has 4 aromatic rings. The van der Waals surface area contributed by atoms with Crippen LogP contribution in [0.3, 0.4) is 0 Å². The van der Waals surface area contributed by atoms with Crippen molar-refractivity contribution in [3.63, 3.8) is 0 Å². The first-order valence-electron chi connectivity index (χ1n) is 10.7. The number of nitrogens with one attached hydrogen (secondary N) is 1. The Morgan fingerprint density at radius 2 is 1.74 bits per heavy atom. The first kappa shape index (κ1) is 23.6. The van der Waals surface area contributed by atoms with Gasteiger partial charge in [0.15, 0.2) is 0 Å². The highest BCUT2D eigenvalue weighted by molar-refractivity contribution is 6.42. The molecule has 0 radical (unpaired) electrons. The Labute approximate surface area is 207 Å². The van der Waals surface area contributed by atoms with Gasteiger partial charge in [-0.2, -0.15) is 5.10 Å². The first-order chi connectivity index (χ1) is 16.5. The average Bonchev–Trinajstić information content (AvgIpc) is 2.86. The third-order valence-corrected chi connectivity index (χ3v) is 5.84. The highest BCUT2D eigenvalue weighted by atomic mass is 35.5. The van der Waals surface area contributed by atoms with E-state index in [1.54, 1.807) is 42.6 Å². The summed E-state index contributed by atoms with van der Waals surface area (Å²) in [5, 5.41) is 7.14. The number of benzene rings is 4. The Bertz CT molecular complexity index is 1340. The zero-order valence-corrected chi connectivity index (χ0v) is 19.9. The smallest absolute Gasteiger partial charge is 0.271 e. The Kier molecular flexibility index (Phi) is 7.68. The van der Waals surface area contributed by atoms with Gasteiger partial charge in [-0.3, -0.25) is 4.79 Å². The van der Waals surface area contributed by atoms with Crippen molar-refractivity contribution in [2.75, 3.05) is 6.61 Å².